The molecule has 0 atom stereocenters. The number of fused-ring (bicyclic) bond motifs is 1. The molecule has 0 aliphatic rings. The number of hydrogen-bond donors (Lipinski definition) is 0. The number of halogens is 3. The summed E-state index contributed by atoms with van der Waals surface area (Å²) in [5, 5.41) is 0.0333. The van der Waals surface area contributed by atoms with Crippen molar-refractivity contribution >= 4 is 21.4 Å². The van der Waals surface area contributed by atoms with E-state index in [4.69, 9.17) is 14.2 Å². The second-order valence-electron chi connectivity index (χ2n) is 5.60. The van der Waals surface area contributed by atoms with Gasteiger partial charge in [-0.1, -0.05) is 0 Å². The summed E-state index contributed by atoms with van der Waals surface area (Å²) >= 11 is 1.21. The van der Waals surface area contributed by atoms with Crippen LogP contribution in [0.4, 0.5) is 13.2 Å². The maximum atomic E-state index is 12.9. The van der Waals surface area contributed by atoms with Crippen LogP contribution in [0, 0.1) is 0 Å². The summed E-state index contributed by atoms with van der Waals surface area (Å²) in [5.41, 5.74) is -0.702. The van der Waals surface area contributed by atoms with E-state index in [1.54, 1.807) is 12.1 Å². The zero-order chi connectivity index (χ0) is 19.8. The van der Waals surface area contributed by atoms with Crippen molar-refractivity contribution in [1.82, 2.24) is 0 Å². The number of hydrogen-bond acceptors (Lipinski definition) is 5. The fourth-order valence-corrected chi connectivity index (χ4v) is 3.74. The van der Waals surface area contributed by atoms with Crippen LogP contribution in [-0.2, 0) is 6.18 Å². The monoisotopic (exact) mass is 396 g/mol. The number of benzene rings is 2. The summed E-state index contributed by atoms with van der Waals surface area (Å²) in [7, 11) is 4.43. The Balaban J connectivity index is 2.20. The second-order valence-corrected chi connectivity index (χ2v) is 6.68. The molecule has 3 aromatic rings. The van der Waals surface area contributed by atoms with Crippen molar-refractivity contribution in [3.8, 4) is 27.7 Å². The van der Waals surface area contributed by atoms with E-state index < -0.39 is 17.2 Å². The van der Waals surface area contributed by atoms with Crippen molar-refractivity contribution in [2.45, 2.75) is 6.18 Å². The molecule has 0 unspecified atom stereocenters. The molecule has 4 nitrogen and oxygen atoms in total. The SMILES string of the molecule is COc1cc(-c2cc(=O)c3cc(C(F)(F)F)ccc3s2)cc(OC)c1OC. The minimum Gasteiger partial charge on any atom is -0.493 e. The van der Waals surface area contributed by atoms with Crippen LogP contribution in [-0.4, -0.2) is 21.3 Å². The highest BCUT2D eigenvalue weighted by Crippen LogP contribution is 2.42. The molecular weight excluding hydrogens is 381 g/mol. The first-order valence-electron chi connectivity index (χ1n) is 7.74. The number of alkyl halides is 3. The quantitative estimate of drug-likeness (QED) is 0.624. The molecule has 2 aromatic carbocycles. The van der Waals surface area contributed by atoms with E-state index in [0.29, 0.717) is 32.4 Å². The van der Waals surface area contributed by atoms with Gasteiger partial charge in [-0.25, -0.2) is 0 Å². The molecule has 0 saturated heterocycles. The Kier molecular flexibility index (Phi) is 5.01. The van der Waals surface area contributed by atoms with Crippen LogP contribution >= 0.6 is 11.3 Å². The lowest BCUT2D eigenvalue weighted by Crippen LogP contribution is -2.07. The number of rotatable bonds is 4. The number of ether oxygens (including phenoxy) is 3. The number of methoxy groups -OCH3 is 3. The average molecular weight is 396 g/mol. The molecule has 0 radical (unpaired) electrons. The lowest BCUT2D eigenvalue weighted by Gasteiger charge is -2.14. The molecule has 0 spiro atoms. The maximum Gasteiger partial charge on any atom is 0.416 e. The molecule has 0 aliphatic heterocycles. The zero-order valence-corrected chi connectivity index (χ0v) is 15.5. The molecule has 8 heteroatoms. The first-order chi connectivity index (χ1) is 12.8. The van der Waals surface area contributed by atoms with Crippen molar-refractivity contribution in [3.63, 3.8) is 0 Å². The predicted molar refractivity (Wildman–Crippen MR) is 98.2 cm³/mol. The fraction of sp³-hybridized carbons (Fsp3) is 0.211. The molecule has 0 saturated carbocycles. The van der Waals surface area contributed by atoms with Gasteiger partial charge >= 0.3 is 6.18 Å². The third kappa shape index (κ3) is 3.57. The van der Waals surface area contributed by atoms with Gasteiger partial charge in [0.2, 0.25) is 5.75 Å². The maximum absolute atomic E-state index is 12.9. The van der Waals surface area contributed by atoms with E-state index in [-0.39, 0.29) is 5.39 Å². The Bertz CT molecular complexity index is 1030. The Morgan fingerprint density at radius 1 is 0.889 bits per heavy atom. The Morgan fingerprint density at radius 3 is 2.04 bits per heavy atom. The van der Waals surface area contributed by atoms with E-state index >= 15 is 0 Å². The van der Waals surface area contributed by atoms with E-state index in [2.05, 4.69) is 0 Å². The topological polar surface area (TPSA) is 44.8 Å². The first-order valence-corrected chi connectivity index (χ1v) is 8.55. The summed E-state index contributed by atoms with van der Waals surface area (Å²) in [6.45, 7) is 0. The van der Waals surface area contributed by atoms with Gasteiger partial charge in [0.1, 0.15) is 0 Å². The third-order valence-electron chi connectivity index (χ3n) is 4.00. The average Bonchev–Trinajstić information content (AvgIpc) is 2.65. The largest absolute Gasteiger partial charge is 0.493 e. The van der Waals surface area contributed by atoms with Crippen molar-refractivity contribution in [2.75, 3.05) is 21.3 Å². The van der Waals surface area contributed by atoms with Crippen molar-refractivity contribution < 1.29 is 27.4 Å². The van der Waals surface area contributed by atoms with Gasteiger partial charge in [0, 0.05) is 21.0 Å². The van der Waals surface area contributed by atoms with Gasteiger partial charge in [-0.3, -0.25) is 4.79 Å². The molecule has 1 aromatic heterocycles. The Labute approximate surface area is 156 Å². The van der Waals surface area contributed by atoms with Gasteiger partial charge in [-0.05, 0) is 35.9 Å². The lowest BCUT2D eigenvalue weighted by atomic mass is 10.1. The smallest absolute Gasteiger partial charge is 0.416 e. The summed E-state index contributed by atoms with van der Waals surface area (Å²) in [6.07, 6.45) is -4.50. The van der Waals surface area contributed by atoms with E-state index in [0.717, 1.165) is 12.1 Å². The standard InChI is InChI=1S/C19H15F3O4S/c1-24-14-6-10(7-15(25-2)18(14)26-3)17-9-13(23)12-8-11(19(20,21)22)4-5-16(12)27-17/h4-9H,1-3H3. The highest BCUT2D eigenvalue weighted by Gasteiger charge is 2.30. The Morgan fingerprint density at radius 2 is 1.52 bits per heavy atom. The Hall–Kier alpha value is -2.74. The minimum atomic E-state index is -4.50. The van der Waals surface area contributed by atoms with Gasteiger partial charge < -0.3 is 14.2 Å². The molecule has 0 bridgehead atoms. The molecule has 1 heterocycles. The van der Waals surface area contributed by atoms with Gasteiger partial charge in [-0.2, -0.15) is 13.2 Å². The summed E-state index contributed by atoms with van der Waals surface area (Å²) in [5.74, 6) is 1.24. The lowest BCUT2D eigenvalue weighted by molar-refractivity contribution is -0.137. The van der Waals surface area contributed by atoms with Gasteiger partial charge in [0.05, 0.1) is 26.9 Å². The molecule has 142 valence electrons. The molecule has 3 rings (SSSR count). The summed E-state index contributed by atoms with van der Waals surface area (Å²) < 4.78 is 55.0. The summed E-state index contributed by atoms with van der Waals surface area (Å²) in [6, 6.07) is 7.84. The molecule has 27 heavy (non-hydrogen) atoms. The minimum absolute atomic E-state index is 0.0333. The van der Waals surface area contributed by atoms with Crippen LogP contribution in [0.3, 0.4) is 0 Å². The van der Waals surface area contributed by atoms with Crippen molar-refractivity contribution in [3.05, 3.63) is 52.2 Å². The first kappa shape index (κ1) is 19.0. The normalized spacial score (nSPS) is 11.5. The molecule has 0 aliphatic carbocycles. The molecular formula is C19H15F3O4S. The fourth-order valence-electron chi connectivity index (χ4n) is 2.70. The van der Waals surface area contributed by atoms with Crippen LogP contribution in [0.15, 0.2) is 41.2 Å². The highest BCUT2D eigenvalue weighted by molar-refractivity contribution is 7.21. The van der Waals surface area contributed by atoms with Crippen LogP contribution < -0.4 is 19.6 Å². The van der Waals surface area contributed by atoms with Crippen LogP contribution in [0.25, 0.3) is 20.5 Å². The molecule has 0 fully saturated rings. The zero-order valence-electron chi connectivity index (χ0n) is 14.6. The van der Waals surface area contributed by atoms with Crippen molar-refractivity contribution in [1.29, 1.82) is 0 Å². The van der Waals surface area contributed by atoms with Gasteiger partial charge in [0.25, 0.3) is 0 Å². The van der Waals surface area contributed by atoms with Crippen LogP contribution in [0.1, 0.15) is 5.56 Å². The van der Waals surface area contributed by atoms with E-state index in [9.17, 15) is 18.0 Å². The molecule has 0 amide bonds. The highest BCUT2D eigenvalue weighted by atomic mass is 32.1. The van der Waals surface area contributed by atoms with Crippen LogP contribution in [0.5, 0.6) is 17.2 Å². The van der Waals surface area contributed by atoms with Gasteiger partial charge in [0.15, 0.2) is 16.9 Å². The van der Waals surface area contributed by atoms with Gasteiger partial charge in [-0.15, -0.1) is 11.3 Å². The van der Waals surface area contributed by atoms with E-state index in [1.165, 1.54) is 44.8 Å². The van der Waals surface area contributed by atoms with Crippen molar-refractivity contribution in [2.24, 2.45) is 0 Å². The third-order valence-corrected chi connectivity index (χ3v) is 5.15. The predicted octanol–water partition coefficient (Wildman–Crippen LogP) is 4.97. The second kappa shape index (κ2) is 7.11. The van der Waals surface area contributed by atoms with E-state index in [1.807, 2.05) is 0 Å². The summed E-state index contributed by atoms with van der Waals surface area (Å²) in [4.78, 5) is 13.0. The van der Waals surface area contributed by atoms with Crippen LogP contribution in [0.2, 0.25) is 0 Å². The molecule has 0 N–H and O–H groups in total.